The van der Waals surface area contributed by atoms with Gasteiger partial charge >= 0.3 is 5.97 Å². The summed E-state index contributed by atoms with van der Waals surface area (Å²) < 4.78 is 12.6. The molecule has 0 fully saturated rings. The molecule has 0 amide bonds. The van der Waals surface area contributed by atoms with E-state index in [0.29, 0.717) is 0 Å². The summed E-state index contributed by atoms with van der Waals surface area (Å²) in [6.45, 7) is 0. The van der Waals surface area contributed by atoms with Crippen molar-refractivity contribution in [1.82, 2.24) is 0 Å². The fraction of sp³-hybridized carbons (Fsp3) is 0.200. The van der Waals surface area contributed by atoms with Crippen molar-refractivity contribution in [3.8, 4) is 0 Å². The topological polar surface area (TPSA) is 58.9 Å². The zero-order chi connectivity index (χ0) is 10.8. The number of carboxylic acids is 1. The molecule has 0 bridgehead atoms. The van der Waals surface area contributed by atoms with Crippen molar-refractivity contribution in [3.05, 3.63) is 35.6 Å². The van der Waals surface area contributed by atoms with Gasteiger partial charge in [-0.2, -0.15) is 0 Å². The third-order valence-electron chi connectivity index (χ3n) is 2.16. The maximum absolute atomic E-state index is 12.6. The van der Waals surface area contributed by atoms with Crippen LogP contribution in [0.3, 0.4) is 0 Å². The van der Waals surface area contributed by atoms with E-state index < -0.39 is 12.1 Å². The largest absolute Gasteiger partial charge is 0.477 e. The summed E-state index contributed by atoms with van der Waals surface area (Å²) in [6.07, 6.45) is -0.210. The fourth-order valence-corrected chi connectivity index (χ4v) is 1.36. The number of halogens is 1. The quantitative estimate of drug-likeness (QED) is 0.806. The molecule has 0 aliphatic carbocycles. The van der Waals surface area contributed by atoms with Crippen LogP contribution in [-0.2, 0) is 9.63 Å². The first kappa shape index (κ1) is 9.64. The molecule has 15 heavy (non-hydrogen) atoms. The lowest BCUT2D eigenvalue weighted by molar-refractivity contribution is -0.129. The first-order valence-corrected chi connectivity index (χ1v) is 4.38. The van der Waals surface area contributed by atoms with Crippen molar-refractivity contribution in [2.75, 3.05) is 0 Å². The molecule has 0 saturated carbocycles. The Labute approximate surface area is 85.0 Å². The molecule has 1 aromatic carbocycles. The van der Waals surface area contributed by atoms with Gasteiger partial charge in [0.05, 0.1) is 0 Å². The summed E-state index contributed by atoms with van der Waals surface area (Å²) in [5.41, 5.74) is 0.709. The zero-order valence-corrected chi connectivity index (χ0v) is 7.68. The number of rotatable bonds is 2. The molecule has 78 valence electrons. The Hall–Kier alpha value is -1.91. The number of carbonyl (C=O) groups is 1. The van der Waals surface area contributed by atoms with E-state index in [1.54, 1.807) is 12.1 Å². The molecule has 1 atom stereocenters. The molecule has 1 aliphatic rings. The molecular formula is C10H8FNO3. The average molecular weight is 209 g/mol. The number of oxime groups is 1. The summed E-state index contributed by atoms with van der Waals surface area (Å²) in [5, 5.41) is 12.1. The van der Waals surface area contributed by atoms with Crippen LogP contribution in [0.5, 0.6) is 0 Å². The van der Waals surface area contributed by atoms with Crippen LogP contribution in [0.2, 0.25) is 0 Å². The molecule has 0 radical (unpaired) electrons. The molecule has 2 rings (SSSR count). The maximum atomic E-state index is 12.6. The minimum absolute atomic E-state index is 0.00988. The monoisotopic (exact) mass is 209 g/mol. The van der Waals surface area contributed by atoms with Gasteiger partial charge in [0, 0.05) is 6.42 Å². The standard InChI is InChI=1S/C10H8FNO3/c11-7-3-1-6(2-4-7)9-5-8(10(13)14)12-15-9/h1-4,9H,5H2,(H,13,14). The van der Waals surface area contributed by atoms with E-state index in [0.717, 1.165) is 5.56 Å². The predicted octanol–water partition coefficient (Wildman–Crippen LogP) is 1.73. The molecule has 0 saturated heterocycles. The van der Waals surface area contributed by atoms with Crippen LogP contribution < -0.4 is 0 Å². The van der Waals surface area contributed by atoms with E-state index in [1.165, 1.54) is 12.1 Å². The highest BCUT2D eigenvalue weighted by molar-refractivity contribution is 6.35. The Morgan fingerprint density at radius 3 is 2.67 bits per heavy atom. The second kappa shape index (κ2) is 3.68. The fourth-order valence-electron chi connectivity index (χ4n) is 1.36. The first-order chi connectivity index (χ1) is 7.16. The van der Waals surface area contributed by atoms with Crippen molar-refractivity contribution >= 4 is 11.7 Å². The Balaban J connectivity index is 2.10. The van der Waals surface area contributed by atoms with E-state index in [9.17, 15) is 9.18 Å². The number of aliphatic carboxylic acids is 1. The van der Waals surface area contributed by atoms with Crippen molar-refractivity contribution in [2.24, 2.45) is 5.16 Å². The van der Waals surface area contributed by atoms with Crippen molar-refractivity contribution < 1.29 is 19.1 Å². The van der Waals surface area contributed by atoms with Gasteiger partial charge in [-0.25, -0.2) is 9.18 Å². The second-order valence-corrected chi connectivity index (χ2v) is 3.19. The van der Waals surface area contributed by atoms with Crippen LogP contribution in [0.1, 0.15) is 18.1 Å². The molecule has 4 nitrogen and oxygen atoms in total. The number of nitrogens with zero attached hydrogens (tertiary/aromatic N) is 1. The lowest BCUT2D eigenvalue weighted by atomic mass is 10.0. The van der Waals surface area contributed by atoms with E-state index in [1.807, 2.05) is 0 Å². The molecule has 0 spiro atoms. The second-order valence-electron chi connectivity index (χ2n) is 3.19. The van der Waals surface area contributed by atoms with Gasteiger partial charge in [-0.1, -0.05) is 17.3 Å². The Kier molecular flexibility index (Phi) is 2.37. The molecule has 1 N–H and O–H groups in total. The number of hydrogen-bond donors (Lipinski definition) is 1. The third-order valence-corrected chi connectivity index (χ3v) is 2.16. The van der Waals surface area contributed by atoms with Crippen molar-refractivity contribution in [2.45, 2.75) is 12.5 Å². The summed E-state index contributed by atoms with van der Waals surface area (Å²) in [5.74, 6) is -1.42. The van der Waals surface area contributed by atoms with Gasteiger partial charge in [-0.05, 0) is 17.7 Å². The van der Waals surface area contributed by atoms with E-state index >= 15 is 0 Å². The average Bonchev–Trinajstić information content (AvgIpc) is 2.68. The number of benzene rings is 1. The van der Waals surface area contributed by atoms with Crippen LogP contribution in [0.4, 0.5) is 4.39 Å². The van der Waals surface area contributed by atoms with Gasteiger partial charge in [0.15, 0.2) is 11.8 Å². The van der Waals surface area contributed by atoms with Gasteiger partial charge in [-0.15, -0.1) is 0 Å². The molecule has 1 unspecified atom stereocenters. The van der Waals surface area contributed by atoms with Crippen LogP contribution >= 0.6 is 0 Å². The van der Waals surface area contributed by atoms with Crippen LogP contribution in [0, 0.1) is 5.82 Å². The SMILES string of the molecule is O=C(O)C1=NOC(c2ccc(F)cc2)C1. The maximum Gasteiger partial charge on any atom is 0.353 e. The minimum Gasteiger partial charge on any atom is -0.477 e. The van der Waals surface area contributed by atoms with Gasteiger partial charge < -0.3 is 9.94 Å². The smallest absolute Gasteiger partial charge is 0.353 e. The summed E-state index contributed by atoms with van der Waals surface area (Å²) in [4.78, 5) is 15.5. The van der Waals surface area contributed by atoms with E-state index in [2.05, 4.69) is 5.16 Å². The molecule has 1 aromatic rings. The Bertz CT molecular complexity index is 413. The van der Waals surface area contributed by atoms with E-state index in [4.69, 9.17) is 9.94 Å². The number of carboxylic acid groups (broad SMARTS) is 1. The van der Waals surface area contributed by atoms with Crippen LogP contribution in [0.15, 0.2) is 29.4 Å². The van der Waals surface area contributed by atoms with Gasteiger partial charge in [0.25, 0.3) is 0 Å². The van der Waals surface area contributed by atoms with Crippen molar-refractivity contribution in [3.63, 3.8) is 0 Å². The molecule has 1 aliphatic heterocycles. The number of hydrogen-bond acceptors (Lipinski definition) is 3. The molecular weight excluding hydrogens is 201 g/mol. The zero-order valence-electron chi connectivity index (χ0n) is 7.68. The summed E-state index contributed by atoms with van der Waals surface area (Å²) >= 11 is 0. The normalized spacial score (nSPS) is 19.5. The Morgan fingerprint density at radius 1 is 1.47 bits per heavy atom. The lowest BCUT2D eigenvalue weighted by Gasteiger charge is -2.07. The van der Waals surface area contributed by atoms with Gasteiger partial charge in [0.1, 0.15) is 5.82 Å². The van der Waals surface area contributed by atoms with E-state index in [-0.39, 0.29) is 17.9 Å². The van der Waals surface area contributed by atoms with Crippen LogP contribution in [0.25, 0.3) is 0 Å². The molecule has 0 aromatic heterocycles. The van der Waals surface area contributed by atoms with Gasteiger partial charge in [-0.3, -0.25) is 0 Å². The predicted molar refractivity (Wildman–Crippen MR) is 49.9 cm³/mol. The Morgan fingerprint density at radius 2 is 2.13 bits per heavy atom. The summed E-state index contributed by atoms with van der Waals surface area (Å²) in [6, 6.07) is 5.72. The highest BCUT2D eigenvalue weighted by Crippen LogP contribution is 2.27. The lowest BCUT2D eigenvalue weighted by Crippen LogP contribution is -2.11. The first-order valence-electron chi connectivity index (χ1n) is 4.38. The van der Waals surface area contributed by atoms with Crippen molar-refractivity contribution in [1.29, 1.82) is 0 Å². The molecule has 5 heteroatoms. The molecule has 1 heterocycles. The minimum atomic E-state index is -1.08. The van der Waals surface area contributed by atoms with Crippen LogP contribution in [-0.4, -0.2) is 16.8 Å². The third kappa shape index (κ3) is 1.96. The van der Waals surface area contributed by atoms with Gasteiger partial charge in [0.2, 0.25) is 0 Å². The highest BCUT2D eigenvalue weighted by Gasteiger charge is 2.26. The highest BCUT2D eigenvalue weighted by atomic mass is 19.1. The summed E-state index contributed by atoms with van der Waals surface area (Å²) in [7, 11) is 0.